The van der Waals surface area contributed by atoms with E-state index in [4.69, 9.17) is 4.74 Å². The van der Waals surface area contributed by atoms with Gasteiger partial charge in [-0.25, -0.2) is 0 Å². The van der Waals surface area contributed by atoms with Gasteiger partial charge in [-0.2, -0.15) is 0 Å². The lowest BCUT2D eigenvalue weighted by molar-refractivity contribution is -0.118. The first kappa shape index (κ1) is 16.0. The SMILES string of the molecule is CCc1cccc(CC)c1NC(=O)COc1cccnc1C. The minimum absolute atomic E-state index is 0.0201. The van der Waals surface area contributed by atoms with E-state index >= 15 is 0 Å². The molecule has 1 heterocycles. The van der Waals surface area contributed by atoms with Crippen LogP contribution in [0.1, 0.15) is 30.7 Å². The van der Waals surface area contributed by atoms with Crippen LogP contribution in [0.3, 0.4) is 0 Å². The highest BCUT2D eigenvalue weighted by atomic mass is 16.5. The third kappa shape index (κ3) is 3.85. The number of carbonyl (C=O) groups is 1. The number of anilines is 1. The molecule has 0 aliphatic heterocycles. The molecule has 0 saturated carbocycles. The van der Waals surface area contributed by atoms with E-state index < -0.39 is 0 Å². The number of nitrogens with one attached hydrogen (secondary N) is 1. The van der Waals surface area contributed by atoms with E-state index in [1.54, 1.807) is 12.3 Å². The Morgan fingerprint density at radius 1 is 1.14 bits per heavy atom. The van der Waals surface area contributed by atoms with Crippen LogP contribution in [-0.4, -0.2) is 17.5 Å². The molecular formula is C18H22N2O2. The number of rotatable bonds is 6. The number of hydrogen-bond donors (Lipinski definition) is 1. The molecule has 1 amide bonds. The normalized spacial score (nSPS) is 10.3. The highest BCUT2D eigenvalue weighted by Crippen LogP contribution is 2.22. The Hall–Kier alpha value is -2.36. The van der Waals surface area contributed by atoms with Crippen LogP contribution in [0.2, 0.25) is 0 Å². The maximum Gasteiger partial charge on any atom is 0.262 e. The number of aryl methyl sites for hydroxylation is 3. The van der Waals surface area contributed by atoms with E-state index in [1.165, 1.54) is 0 Å². The first-order valence-electron chi connectivity index (χ1n) is 7.60. The fraction of sp³-hybridized carbons (Fsp3) is 0.333. The lowest BCUT2D eigenvalue weighted by Crippen LogP contribution is -2.22. The van der Waals surface area contributed by atoms with Crippen LogP contribution in [0.15, 0.2) is 36.5 Å². The van der Waals surface area contributed by atoms with Gasteiger partial charge in [-0.3, -0.25) is 9.78 Å². The van der Waals surface area contributed by atoms with Crippen molar-refractivity contribution in [2.24, 2.45) is 0 Å². The average Bonchev–Trinajstić information content (AvgIpc) is 2.54. The molecule has 0 saturated heterocycles. The smallest absolute Gasteiger partial charge is 0.262 e. The Kier molecular flexibility index (Phi) is 5.53. The molecule has 0 unspecified atom stereocenters. The second-order valence-corrected chi connectivity index (χ2v) is 5.08. The quantitative estimate of drug-likeness (QED) is 0.887. The number of amides is 1. The lowest BCUT2D eigenvalue weighted by atomic mass is 10.0. The Balaban J connectivity index is 2.05. The summed E-state index contributed by atoms with van der Waals surface area (Å²) in [7, 11) is 0. The molecular weight excluding hydrogens is 276 g/mol. The van der Waals surface area contributed by atoms with Crippen LogP contribution in [0.4, 0.5) is 5.69 Å². The minimum atomic E-state index is -0.154. The summed E-state index contributed by atoms with van der Waals surface area (Å²) in [6.45, 7) is 6.00. The Morgan fingerprint density at radius 3 is 2.41 bits per heavy atom. The molecule has 4 heteroatoms. The topological polar surface area (TPSA) is 51.2 Å². The van der Waals surface area contributed by atoms with Gasteiger partial charge in [-0.05, 0) is 43.0 Å². The first-order chi connectivity index (χ1) is 10.7. The Morgan fingerprint density at radius 2 is 1.82 bits per heavy atom. The van der Waals surface area contributed by atoms with Crippen LogP contribution in [0, 0.1) is 6.92 Å². The molecule has 0 atom stereocenters. The van der Waals surface area contributed by atoms with E-state index in [0.29, 0.717) is 5.75 Å². The summed E-state index contributed by atoms with van der Waals surface area (Å²) in [6, 6.07) is 9.72. The second kappa shape index (κ2) is 7.59. The van der Waals surface area contributed by atoms with Gasteiger partial charge < -0.3 is 10.1 Å². The zero-order valence-electron chi connectivity index (χ0n) is 13.3. The molecule has 0 fully saturated rings. The standard InChI is InChI=1S/C18H22N2O2/c1-4-14-8-6-9-15(5-2)18(14)20-17(21)12-22-16-10-7-11-19-13(16)3/h6-11H,4-5,12H2,1-3H3,(H,20,21). The van der Waals surface area contributed by atoms with Gasteiger partial charge in [0.2, 0.25) is 0 Å². The number of carbonyl (C=O) groups excluding carboxylic acids is 1. The summed E-state index contributed by atoms with van der Waals surface area (Å²) < 4.78 is 5.54. The lowest BCUT2D eigenvalue weighted by Gasteiger charge is -2.15. The van der Waals surface area contributed by atoms with E-state index in [9.17, 15) is 4.79 Å². The molecule has 116 valence electrons. The van der Waals surface area contributed by atoms with Crippen molar-refractivity contribution in [3.63, 3.8) is 0 Å². The van der Waals surface area contributed by atoms with Crippen LogP contribution in [-0.2, 0) is 17.6 Å². The predicted octanol–water partition coefficient (Wildman–Crippen LogP) is 3.53. The highest BCUT2D eigenvalue weighted by molar-refractivity contribution is 5.93. The summed E-state index contributed by atoms with van der Waals surface area (Å²) in [4.78, 5) is 16.3. The Labute approximate surface area is 131 Å². The molecule has 22 heavy (non-hydrogen) atoms. The van der Waals surface area contributed by atoms with Gasteiger partial charge in [0.15, 0.2) is 6.61 Å². The number of nitrogens with zero attached hydrogens (tertiary/aromatic N) is 1. The number of hydrogen-bond acceptors (Lipinski definition) is 3. The van der Waals surface area contributed by atoms with Crippen molar-refractivity contribution in [3.05, 3.63) is 53.3 Å². The van der Waals surface area contributed by atoms with E-state index in [2.05, 4.69) is 24.1 Å². The van der Waals surface area contributed by atoms with E-state index in [-0.39, 0.29) is 12.5 Å². The summed E-state index contributed by atoms with van der Waals surface area (Å²) in [5.74, 6) is 0.482. The van der Waals surface area contributed by atoms with Gasteiger partial charge >= 0.3 is 0 Å². The van der Waals surface area contributed by atoms with Crippen molar-refractivity contribution < 1.29 is 9.53 Å². The van der Waals surface area contributed by atoms with Crippen LogP contribution in [0.25, 0.3) is 0 Å². The van der Waals surface area contributed by atoms with E-state index in [0.717, 1.165) is 35.3 Å². The zero-order chi connectivity index (χ0) is 15.9. The van der Waals surface area contributed by atoms with Gasteiger partial charge in [0.1, 0.15) is 5.75 Å². The molecule has 1 aromatic heterocycles. The third-order valence-corrected chi connectivity index (χ3v) is 3.58. The van der Waals surface area contributed by atoms with Gasteiger partial charge in [0.25, 0.3) is 5.91 Å². The molecule has 1 N–H and O–H groups in total. The maximum absolute atomic E-state index is 12.2. The fourth-order valence-corrected chi connectivity index (χ4v) is 2.34. The maximum atomic E-state index is 12.2. The molecule has 0 aliphatic carbocycles. The number of ether oxygens (including phenoxy) is 1. The first-order valence-corrected chi connectivity index (χ1v) is 7.60. The van der Waals surface area contributed by atoms with Crippen molar-refractivity contribution in [1.82, 2.24) is 4.98 Å². The molecule has 0 aliphatic rings. The third-order valence-electron chi connectivity index (χ3n) is 3.58. The molecule has 4 nitrogen and oxygen atoms in total. The monoisotopic (exact) mass is 298 g/mol. The predicted molar refractivity (Wildman–Crippen MR) is 88.3 cm³/mol. The zero-order valence-corrected chi connectivity index (χ0v) is 13.3. The van der Waals surface area contributed by atoms with Gasteiger partial charge in [-0.15, -0.1) is 0 Å². The van der Waals surface area contributed by atoms with Gasteiger partial charge in [-0.1, -0.05) is 32.0 Å². The summed E-state index contributed by atoms with van der Waals surface area (Å²) >= 11 is 0. The van der Waals surface area contributed by atoms with Gasteiger partial charge in [0.05, 0.1) is 5.69 Å². The van der Waals surface area contributed by atoms with Crippen LogP contribution < -0.4 is 10.1 Å². The van der Waals surface area contributed by atoms with Crippen molar-refractivity contribution in [2.75, 3.05) is 11.9 Å². The molecule has 0 radical (unpaired) electrons. The Bertz CT molecular complexity index is 631. The highest BCUT2D eigenvalue weighted by Gasteiger charge is 2.11. The number of pyridine rings is 1. The summed E-state index contributed by atoms with van der Waals surface area (Å²) in [5.41, 5.74) is 3.98. The molecule has 0 spiro atoms. The van der Waals surface area contributed by atoms with Crippen molar-refractivity contribution >= 4 is 11.6 Å². The number of aromatic nitrogens is 1. The fourth-order valence-electron chi connectivity index (χ4n) is 2.34. The largest absolute Gasteiger partial charge is 0.482 e. The summed E-state index contributed by atoms with van der Waals surface area (Å²) in [6.07, 6.45) is 3.46. The average molecular weight is 298 g/mol. The molecule has 2 rings (SSSR count). The minimum Gasteiger partial charge on any atom is -0.482 e. The molecule has 0 bridgehead atoms. The molecule has 1 aromatic carbocycles. The number of para-hydroxylation sites is 1. The van der Waals surface area contributed by atoms with Crippen LogP contribution in [0.5, 0.6) is 5.75 Å². The van der Waals surface area contributed by atoms with Crippen molar-refractivity contribution in [2.45, 2.75) is 33.6 Å². The second-order valence-electron chi connectivity index (χ2n) is 5.08. The molecule has 2 aromatic rings. The van der Waals surface area contributed by atoms with Crippen LogP contribution >= 0.6 is 0 Å². The van der Waals surface area contributed by atoms with Crippen molar-refractivity contribution in [1.29, 1.82) is 0 Å². The van der Waals surface area contributed by atoms with E-state index in [1.807, 2.05) is 31.2 Å². The number of benzene rings is 1. The van der Waals surface area contributed by atoms with Crippen molar-refractivity contribution in [3.8, 4) is 5.75 Å². The summed E-state index contributed by atoms with van der Waals surface area (Å²) in [5, 5.41) is 2.99. The van der Waals surface area contributed by atoms with Gasteiger partial charge in [0, 0.05) is 11.9 Å².